The SMILES string of the molecule is CCCCCCCCCCCCCC(=O)OC(CCCCC)CCCCCCCCCCCCCCCC(=O)O. The first-order valence-electron chi connectivity index (χ1n) is 18.0. The number of ether oxygens (including phenoxy) is 1. The van der Waals surface area contributed by atoms with Crippen molar-refractivity contribution in [3.8, 4) is 0 Å². The van der Waals surface area contributed by atoms with E-state index in [1.165, 1.54) is 154 Å². The Kier molecular flexibility index (Phi) is 31.6. The van der Waals surface area contributed by atoms with Crippen molar-refractivity contribution in [3.05, 3.63) is 0 Å². The predicted molar refractivity (Wildman–Crippen MR) is 172 cm³/mol. The summed E-state index contributed by atoms with van der Waals surface area (Å²) in [7, 11) is 0. The molecule has 0 aliphatic heterocycles. The maximum atomic E-state index is 12.5. The third kappa shape index (κ3) is 31.5. The van der Waals surface area contributed by atoms with Gasteiger partial charge in [0.25, 0.3) is 0 Å². The molecule has 0 bridgehead atoms. The van der Waals surface area contributed by atoms with Gasteiger partial charge in [-0.25, -0.2) is 0 Å². The van der Waals surface area contributed by atoms with Gasteiger partial charge in [-0.2, -0.15) is 0 Å². The van der Waals surface area contributed by atoms with Crippen LogP contribution in [-0.2, 0) is 14.3 Å². The summed E-state index contributed by atoms with van der Waals surface area (Å²) in [4.78, 5) is 23.0. The van der Waals surface area contributed by atoms with E-state index in [0.717, 1.165) is 32.1 Å². The highest BCUT2D eigenvalue weighted by molar-refractivity contribution is 5.69. The van der Waals surface area contributed by atoms with Crippen LogP contribution in [0.5, 0.6) is 0 Å². The Bertz CT molecular complexity index is 533. The van der Waals surface area contributed by atoms with E-state index < -0.39 is 5.97 Å². The second kappa shape index (κ2) is 32.5. The lowest BCUT2D eigenvalue weighted by atomic mass is 10.0. The first-order chi connectivity index (χ1) is 19.6. The molecule has 40 heavy (non-hydrogen) atoms. The van der Waals surface area contributed by atoms with Crippen LogP contribution in [0.3, 0.4) is 0 Å². The zero-order valence-corrected chi connectivity index (χ0v) is 27.2. The van der Waals surface area contributed by atoms with E-state index in [0.29, 0.717) is 12.8 Å². The molecule has 4 heteroatoms. The summed E-state index contributed by atoms with van der Waals surface area (Å²) < 4.78 is 5.95. The molecular formula is C36H70O4. The molecule has 0 aliphatic rings. The van der Waals surface area contributed by atoms with Gasteiger partial charge in [-0.1, -0.05) is 162 Å². The van der Waals surface area contributed by atoms with Crippen molar-refractivity contribution in [1.82, 2.24) is 0 Å². The molecule has 4 nitrogen and oxygen atoms in total. The van der Waals surface area contributed by atoms with Crippen molar-refractivity contribution in [3.63, 3.8) is 0 Å². The molecule has 0 radical (unpaired) electrons. The Labute approximate surface area is 250 Å². The number of carboxylic acid groups (broad SMARTS) is 1. The summed E-state index contributed by atoms with van der Waals surface area (Å²) in [6.07, 6.45) is 37.2. The van der Waals surface area contributed by atoms with E-state index >= 15 is 0 Å². The van der Waals surface area contributed by atoms with Crippen LogP contribution in [0, 0.1) is 0 Å². The van der Waals surface area contributed by atoms with E-state index in [2.05, 4.69) is 13.8 Å². The number of hydrogen-bond acceptors (Lipinski definition) is 3. The molecule has 1 N–H and O–H groups in total. The summed E-state index contributed by atoms with van der Waals surface area (Å²) in [6.45, 7) is 4.51. The summed E-state index contributed by atoms with van der Waals surface area (Å²) in [6, 6.07) is 0. The van der Waals surface area contributed by atoms with Crippen LogP contribution in [0.15, 0.2) is 0 Å². The number of aliphatic carboxylic acids is 1. The topological polar surface area (TPSA) is 63.6 Å². The van der Waals surface area contributed by atoms with Gasteiger partial charge in [0.05, 0.1) is 0 Å². The van der Waals surface area contributed by atoms with Gasteiger partial charge in [0.15, 0.2) is 0 Å². The summed E-state index contributed by atoms with van der Waals surface area (Å²) in [5, 5.41) is 8.66. The lowest BCUT2D eigenvalue weighted by Gasteiger charge is -2.18. The minimum absolute atomic E-state index is 0.0395. The molecule has 0 saturated heterocycles. The van der Waals surface area contributed by atoms with E-state index in [-0.39, 0.29) is 12.1 Å². The van der Waals surface area contributed by atoms with Crippen molar-refractivity contribution in [2.24, 2.45) is 0 Å². The summed E-state index contributed by atoms with van der Waals surface area (Å²) >= 11 is 0. The van der Waals surface area contributed by atoms with Crippen LogP contribution in [-0.4, -0.2) is 23.1 Å². The summed E-state index contributed by atoms with van der Waals surface area (Å²) in [5.41, 5.74) is 0. The predicted octanol–water partition coefficient (Wildman–Crippen LogP) is 12.1. The fourth-order valence-electron chi connectivity index (χ4n) is 5.66. The van der Waals surface area contributed by atoms with Crippen molar-refractivity contribution < 1.29 is 19.4 Å². The second-order valence-corrected chi connectivity index (χ2v) is 12.4. The van der Waals surface area contributed by atoms with Gasteiger partial charge in [0, 0.05) is 12.8 Å². The zero-order valence-electron chi connectivity index (χ0n) is 27.2. The molecule has 0 rings (SSSR count). The second-order valence-electron chi connectivity index (χ2n) is 12.4. The van der Waals surface area contributed by atoms with Gasteiger partial charge < -0.3 is 9.84 Å². The van der Waals surface area contributed by atoms with Gasteiger partial charge in [0.2, 0.25) is 0 Å². The number of carbonyl (C=O) groups excluding carboxylic acids is 1. The van der Waals surface area contributed by atoms with Crippen LogP contribution in [0.25, 0.3) is 0 Å². The average molecular weight is 567 g/mol. The third-order valence-electron chi connectivity index (χ3n) is 8.33. The minimum atomic E-state index is -0.666. The number of hydrogen-bond donors (Lipinski definition) is 1. The number of unbranched alkanes of at least 4 members (excludes halogenated alkanes) is 24. The average Bonchev–Trinajstić information content (AvgIpc) is 2.93. The van der Waals surface area contributed by atoms with Crippen molar-refractivity contribution >= 4 is 11.9 Å². The standard InChI is InChI=1S/C36H70O4/c1-3-5-7-8-9-10-14-19-22-25-29-33-36(39)40-34(30-26-6-4-2)31-27-23-20-17-15-12-11-13-16-18-21-24-28-32-35(37)38/h34H,3-33H2,1-2H3,(H,37,38). The van der Waals surface area contributed by atoms with Crippen LogP contribution in [0.4, 0.5) is 0 Å². The molecule has 1 unspecified atom stereocenters. The molecule has 0 aromatic heterocycles. The Balaban J connectivity index is 3.70. The van der Waals surface area contributed by atoms with Gasteiger partial charge >= 0.3 is 11.9 Å². The zero-order chi connectivity index (χ0) is 29.4. The number of carboxylic acids is 1. The van der Waals surface area contributed by atoms with Crippen molar-refractivity contribution in [1.29, 1.82) is 0 Å². The minimum Gasteiger partial charge on any atom is -0.481 e. The normalized spacial score (nSPS) is 12.1. The lowest BCUT2D eigenvalue weighted by molar-refractivity contribution is -0.150. The van der Waals surface area contributed by atoms with Crippen molar-refractivity contribution in [2.45, 2.75) is 219 Å². The smallest absolute Gasteiger partial charge is 0.306 e. The largest absolute Gasteiger partial charge is 0.481 e. The summed E-state index contributed by atoms with van der Waals surface area (Å²) in [5.74, 6) is -0.627. The van der Waals surface area contributed by atoms with Gasteiger partial charge in [-0.3, -0.25) is 9.59 Å². The van der Waals surface area contributed by atoms with E-state index in [1.807, 2.05) is 0 Å². The molecule has 0 aromatic carbocycles. The molecule has 0 heterocycles. The lowest BCUT2D eigenvalue weighted by Crippen LogP contribution is -2.18. The van der Waals surface area contributed by atoms with Crippen LogP contribution >= 0.6 is 0 Å². The first-order valence-corrected chi connectivity index (χ1v) is 18.0. The first kappa shape index (κ1) is 38.9. The number of rotatable bonds is 33. The maximum absolute atomic E-state index is 12.5. The fourth-order valence-corrected chi connectivity index (χ4v) is 5.66. The van der Waals surface area contributed by atoms with E-state index in [1.54, 1.807) is 0 Å². The molecule has 0 aromatic rings. The Hall–Kier alpha value is -1.06. The van der Waals surface area contributed by atoms with Crippen LogP contribution in [0.1, 0.15) is 213 Å². The van der Waals surface area contributed by atoms with Crippen LogP contribution in [0.2, 0.25) is 0 Å². The fraction of sp³-hybridized carbons (Fsp3) is 0.944. The molecule has 0 aliphatic carbocycles. The quantitative estimate of drug-likeness (QED) is 0.0633. The van der Waals surface area contributed by atoms with E-state index in [4.69, 9.17) is 9.84 Å². The molecule has 1 atom stereocenters. The van der Waals surface area contributed by atoms with E-state index in [9.17, 15) is 9.59 Å². The Morgan fingerprint density at radius 1 is 0.450 bits per heavy atom. The van der Waals surface area contributed by atoms with Gasteiger partial charge in [-0.05, 0) is 38.5 Å². The van der Waals surface area contributed by atoms with Crippen LogP contribution < -0.4 is 0 Å². The van der Waals surface area contributed by atoms with Gasteiger partial charge in [-0.15, -0.1) is 0 Å². The Morgan fingerprint density at radius 3 is 1.15 bits per heavy atom. The number of carbonyl (C=O) groups is 2. The molecule has 0 fully saturated rings. The Morgan fingerprint density at radius 2 is 0.750 bits per heavy atom. The molecule has 0 amide bonds. The number of esters is 1. The molecule has 0 saturated carbocycles. The monoisotopic (exact) mass is 567 g/mol. The molecular weight excluding hydrogens is 496 g/mol. The highest BCUT2D eigenvalue weighted by Crippen LogP contribution is 2.18. The molecule has 238 valence electrons. The molecule has 0 spiro atoms. The highest BCUT2D eigenvalue weighted by atomic mass is 16.5. The van der Waals surface area contributed by atoms with Gasteiger partial charge in [0.1, 0.15) is 6.10 Å². The van der Waals surface area contributed by atoms with Crippen molar-refractivity contribution in [2.75, 3.05) is 0 Å². The maximum Gasteiger partial charge on any atom is 0.306 e. The highest BCUT2D eigenvalue weighted by Gasteiger charge is 2.14. The third-order valence-corrected chi connectivity index (χ3v) is 8.33.